The largest absolute Gasteiger partial charge is 0.393 e. The molecule has 0 aromatic carbocycles. The van der Waals surface area contributed by atoms with Crippen LogP contribution in [-0.4, -0.2) is 35.7 Å². The molecule has 0 radical (unpaired) electrons. The summed E-state index contributed by atoms with van der Waals surface area (Å²) in [7, 11) is 0. The number of aliphatic hydroxyl groups excluding tert-OH is 1. The van der Waals surface area contributed by atoms with E-state index in [1.807, 2.05) is 0 Å². The van der Waals surface area contributed by atoms with Gasteiger partial charge in [-0.3, -0.25) is 0 Å². The summed E-state index contributed by atoms with van der Waals surface area (Å²) in [6, 6.07) is 0. The normalized spacial score (nSPS) is 22.2. The molecule has 1 aliphatic rings. The Morgan fingerprint density at radius 2 is 1.85 bits per heavy atom. The Bertz CT molecular complexity index is 148. The van der Waals surface area contributed by atoms with Crippen LogP contribution in [0.4, 0.5) is 0 Å². The molecule has 0 bridgehead atoms. The van der Waals surface area contributed by atoms with Crippen molar-refractivity contribution >= 4 is 0 Å². The van der Waals surface area contributed by atoms with E-state index >= 15 is 0 Å². The highest BCUT2D eigenvalue weighted by Crippen LogP contribution is 2.23. The van der Waals surface area contributed by atoms with Gasteiger partial charge in [-0.05, 0) is 24.7 Å². The third-order valence-electron chi connectivity index (χ3n) is 3.17. The molecular formula is C11H23NO. The highest BCUT2D eigenvalue weighted by molar-refractivity contribution is 4.77. The van der Waals surface area contributed by atoms with Gasteiger partial charge in [-0.15, -0.1) is 0 Å². The maximum absolute atomic E-state index is 9.36. The SMILES string of the molecule is CCC(C)(C)CN1CCC(O)CC1. The minimum Gasteiger partial charge on any atom is -0.393 e. The third kappa shape index (κ3) is 3.65. The predicted molar refractivity (Wildman–Crippen MR) is 55.8 cm³/mol. The van der Waals surface area contributed by atoms with Gasteiger partial charge in [0.15, 0.2) is 0 Å². The molecule has 0 atom stereocenters. The Morgan fingerprint density at radius 3 is 2.31 bits per heavy atom. The quantitative estimate of drug-likeness (QED) is 0.725. The molecular weight excluding hydrogens is 162 g/mol. The van der Waals surface area contributed by atoms with Crippen molar-refractivity contribution in [2.24, 2.45) is 5.41 Å². The van der Waals surface area contributed by atoms with Crippen LogP contribution in [0, 0.1) is 5.41 Å². The number of rotatable bonds is 3. The van der Waals surface area contributed by atoms with Crippen molar-refractivity contribution in [3.05, 3.63) is 0 Å². The van der Waals surface area contributed by atoms with Gasteiger partial charge in [-0.1, -0.05) is 20.8 Å². The van der Waals surface area contributed by atoms with Gasteiger partial charge in [0.1, 0.15) is 0 Å². The van der Waals surface area contributed by atoms with E-state index in [1.165, 1.54) is 13.0 Å². The molecule has 1 N–H and O–H groups in total. The second-order valence-corrected chi connectivity index (χ2v) is 5.03. The van der Waals surface area contributed by atoms with Gasteiger partial charge >= 0.3 is 0 Å². The third-order valence-corrected chi connectivity index (χ3v) is 3.17. The fraction of sp³-hybridized carbons (Fsp3) is 1.00. The second-order valence-electron chi connectivity index (χ2n) is 5.03. The molecule has 1 rings (SSSR count). The standard InChI is InChI=1S/C11H23NO/c1-4-11(2,3)9-12-7-5-10(13)6-8-12/h10,13H,4-9H2,1-3H3. The molecule has 0 aromatic rings. The highest BCUT2D eigenvalue weighted by atomic mass is 16.3. The topological polar surface area (TPSA) is 23.5 Å². The number of hydrogen-bond donors (Lipinski definition) is 1. The van der Waals surface area contributed by atoms with Crippen LogP contribution in [0.25, 0.3) is 0 Å². The van der Waals surface area contributed by atoms with Crippen molar-refractivity contribution in [3.63, 3.8) is 0 Å². The minimum atomic E-state index is -0.0408. The average molecular weight is 185 g/mol. The number of hydrogen-bond acceptors (Lipinski definition) is 2. The highest BCUT2D eigenvalue weighted by Gasteiger charge is 2.23. The van der Waals surface area contributed by atoms with Crippen LogP contribution < -0.4 is 0 Å². The van der Waals surface area contributed by atoms with Gasteiger partial charge in [-0.25, -0.2) is 0 Å². The van der Waals surface area contributed by atoms with Gasteiger partial charge in [-0.2, -0.15) is 0 Å². The second kappa shape index (κ2) is 4.43. The summed E-state index contributed by atoms with van der Waals surface area (Å²) in [6.07, 6.45) is 3.10. The van der Waals surface area contributed by atoms with Crippen LogP contribution in [0.2, 0.25) is 0 Å². The first-order valence-corrected chi connectivity index (χ1v) is 5.44. The Hall–Kier alpha value is -0.0800. The van der Waals surface area contributed by atoms with Gasteiger partial charge in [0, 0.05) is 19.6 Å². The zero-order valence-corrected chi connectivity index (χ0v) is 9.21. The molecule has 2 heteroatoms. The average Bonchev–Trinajstić information content (AvgIpc) is 2.09. The summed E-state index contributed by atoms with van der Waals surface area (Å²) >= 11 is 0. The molecule has 1 fully saturated rings. The van der Waals surface area contributed by atoms with Crippen molar-refractivity contribution < 1.29 is 5.11 Å². The van der Waals surface area contributed by atoms with E-state index in [9.17, 15) is 5.11 Å². The summed E-state index contributed by atoms with van der Waals surface area (Å²) in [4.78, 5) is 2.48. The van der Waals surface area contributed by atoms with Crippen molar-refractivity contribution in [1.82, 2.24) is 4.90 Å². The number of piperidine rings is 1. The molecule has 0 spiro atoms. The van der Waals surface area contributed by atoms with Crippen molar-refractivity contribution in [2.75, 3.05) is 19.6 Å². The molecule has 78 valence electrons. The summed E-state index contributed by atoms with van der Waals surface area (Å²) < 4.78 is 0. The summed E-state index contributed by atoms with van der Waals surface area (Å²) in [6.45, 7) is 10.2. The first-order chi connectivity index (χ1) is 6.03. The summed E-state index contributed by atoms with van der Waals surface area (Å²) in [5, 5.41) is 9.36. The maximum Gasteiger partial charge on any atom is 0.0564 e. The van der Waals surface area contributed by atoms with E-state index in [0.29, 0.717) is 5.41 Å². The zero-order chi connectivity index (χ0) is 9.90. The van der Waals surface area contributed by atoms with Crippen molar-refractivity contribution in [3.8, 4) is 0 Å². The Morgan fingerprint density at radius 1 is 1.31 bits per heavy atom. The van der Waals surface area contributed by atoms with E-state index in [4.69, 9.17) is 0 Å². The van der Waals surface area contributed by atoms with Gasteiger partial charge in [0.05, 0.1) is 6.10 Å². The number of nitrogens with zero attached hydrogens (tertiary/aromatic N) is 1. The molecule has 2 nitrogen and oxygen atoms in total. The molecule has 0 amide bonds. The fourth-order valence-electron chi connectivity index (χ4n) is 1.79. The molecule has 13 heavy (non-hydrogen) atoms. The lowest BCUT2D eigenvalue weighted by molar-refractivity contribution is 0.0625. The smallest absolute Gasteiger partial charge is 0.0564 e. The van der Waals surface area contributed by atoms with Crippen LogP contribution >= 0.6 is 0 Å². The van der Waals surface area contributed by atoms with E-state index in [-0.39, 0.29) is 6.10 Å². The monoisotopic (exact) mass is 185 g/mol. The molecule has 1 aliphatic heterocycles. The molecule has 1 heterocycles. The summed E-state index contributed by atoms with van der Waals surface area (Å²) in [5.41, 5.74) is 0.433. The first kappa shape index (κ1) is 11.0. The summed E-state index contributed by atoms with van der Waals surface area (Å²) in [5.74, 6) is 0. The van der Waals surface area contributed by atoms with Crippen LogP contribution in [0.1, 0.15) is 40.0 Å². The lowest BCUT2D eigenvalue weighted by Gasteiger charge is -2.35. The van der Waals surface area contributed by atoms with Crippen LogP contribution in [0.5, 0.6) is 0 Å². The molecule has 1 saturated heterocycles. The van der Waals surface area contributed by atoms with Crippen molar-refractivity contribution in [2.45, 2.75) is 46.1 Å². The number of aliphatic hydroxyl groups is 1. The van der Waals surface area contributed by atoms with Crippen molar-refractivity contribution in [1.29, 1.82) is 0 Å². The fourth-order valence-corrected chi connectivity index (χ4v) is 1.79. The van der Waals surface area contributed by atoms with Crippen LogP contribution in [0.15, 0.2) is 0 Å². The van der Waals surface area contributed by atoms with Gasteiger partial charge in [0.25, 0.3) is 0 Å². The molecule has 0 saturated carbocycles. The first-order valence-electron chi connectivity index (χ1n) is 5.44. The van der Waals surface area contributed by atoms with E-state index in [0.717, 1.165) is 25.9 Å². The lowest BCUT2D eigenvalue weighted by Crippen LogP contribution is -2.41. The Balaban J connectivity index is 2.30. The Kier molecular flexibility index (Phi) is 3.74. The molecule has 0 aromatic heterocycles. The van der Waals surface area contributed by atoms with E-state index in [1.54, 1.807) is 0 Å². The molecule has 0 aliphatic carbocycles. The van der Waals surface area contributed by atoms with Crippen LogP contribution in [-0.2, 0) is 0 Å². The predicted octanol–water partition coefficient (Wildman–Crippen LogP) is 1.88. The lowest BCUT2D eigenvalue weighted by atomic mass is 9.89. The Labute approximate surface area is 81.9 Å². The minimum absolute atomic E-state index is 0.0408. The van der Waals surface area contributed by atoms with Gasteiger partial charge < -0.3 is 10.0 Å². The van der Waals surface area contributed by atoms with E-state index < -0.39 is 0 Å². The maximum atomic E-state index is 9.36. The van der Waals surface area contributed by atoms with Gasteiger partial charge in [0.2, 0.25) is 0 Å². The molecule has 0 unspecified atom stereocenters. The van der Waals surface area contributed by atoms with E-state index in [2.05, 4.69) is 25.7 Å². The van der Waals surface area contributed by atoms with Crippen LogP contribution in [0.3, 0.4) is 0 Å². The zero-order valence-electron chi connectivity index (χ0n) is 9.21. The number of likely N-dealkylation sites (tertiary alicyclic amines) is 1.